The number of hydrogen-bond donors (Lipinski definition) is 9. The van der Waals surface area contributed by atoms with Crippen molar-refractivity contribution in [1.82, 2.24) is 58.8 Å². The van der Waals surface area contributed by atoms with E-state index in [0.29, 0.717) is 17.1 Å². The van der Waals surface area contributed by atoms with E-state index in [4.69, 9.17) is 0 Å². The fourth-order valence-corrected chi connectivity index (χ4v) is 14.9. The van der Waals surface area contributed by atoms with Crippen molar-refractivity contribution in [1.29, 1.82) is 0 Å². The summed E-state index contributed by atoms with van der Waals surface area (Å²) in [6, 6.07) is 12.8. The van der Waals surface area contributed by atoms with E-state index in [1.54, 1.807) is 0 Å². The zero-order valence-corrected chi connectivity index (χ0v) is 65.0. The summed E-state index contributed by atoms with van der Waals surface area (Å²) in [5.41, 5.74) is 15.3. The van der Waals surface area contributed by atoms with Crippen molar-refractivity contribution in [3.05, 3.63) is 184 Å². The Hall–Kier alpha value is -10.5. The number of nitrogens with zero attached hydrogens (tertiary/aromatic N) is 8. The molecule has 0 saturated heterocycles. The van der Waals surface area contributed by atoms with Crippen molar-refractivity contribution in [2.24, 2.45) is 0 Å². The lowest BCUT2D eigenvalue weighted by molar-refractivity contribution is -0.114. The fourth-order valence-electron chi connectivity index (χ4n) is 11.7. The summed E-state index contributed by atoms with van der Waals surface area (Å²) < 4.78 is 107. The van der Waals surface area contributed by atoms with Crippen molar-refractivity contribution < 1.29 is 57.6 Å². The van der Waals surface area contributed by atoms with Gasteiger partial charge in [0.1, 0.15) is 38.6 Å². The lowest BCUT2D eigenvalue weighted by atomic mass is 9.90. The molecule has 9 amide bonds. The van der Waals surface area contributed by atoms with Crippen LogP contribution in [-0.2, 0) is 70.6 Å². The highest BCUT2D eigenvalue weighted by atomic mass is 32.2. The maximum absolute atomic E-state index is 12.5. The van der Waals surface area contributed by atoms with Gasteiger partial charge in [0.05, 0.1) is 49.6 Å². The molecule has 10 rings (SSSR count). The van der Waals surface area contributed by atoms with Gasteiger partial charge in [0.25, 0.3) is 40.1 Å². The van der Waals surface area contributed by atoms with Crippen molar-refractivity contribution >= 4 is 98.8 Å². The molecule has 0 bridgehead atoms. The number of para-hydroxylation sites is 1. The number of aryl methyl sites for hydroxylation is 4. The number of sulfonamides is 4. The molecule has 0 unspecified atom stereocenters. The lowest BCUT2D eigenvalue weighted by Crippen LogP contribution is -2.35. The van der Waals surface area contributed by atoms with Crippen molar-refractivity contribution in [3.8, 4) is 0 Å². The van der Waals surface area contributed by atoms with Gasteiger partial charge in [-0.15, -0.1) is 0 Å². The van der Waals surface area contributed by atoms with E-state index in [1.807, 2.05) is 158 Å². The summed E-state index contributed by atoms with van der Waals surface area (Å²) in [4.78, 5) is 89.3. The number of carbonyl (C=O) groups excluding carboxylic acids is 5. The first-order valence-corrected chi connectivity index (χ1v) is 40.0. The van der Waals surface area contributed by atoms with Crippen LogP contribution in [0.25, 0.3) is 0 Å². The van der Waals surface area contributed by atoms with Crippen LogP contribution in [-0.4, -0.2) is 104 Å². The van der Waals surface area contributed by atoms with Crippen LogP contribution in [0.1, 0.15) is 205 Å². The Balaban J connectivity index is 0.000000198. The SMILES string of the molecule is CC(=O)Nc1ncc(S(=O)(=O)NC(=O)Nc2c3c(cc4c2CCC4)CCC3)cn1.CC(C)c1cccc(C(C)C)c1NC(=O)NS(=O)(=O)c1cncnc1.Cc1cc(C(C)C)c(NC(=O)NS(=O)(=O)c2cncnc2)c(C(C)C)c1.Cc1cc(C(C)C)c(NC(=O)NS(=O)(=O)c2cncnc2)c(C(C)C)c1. The van der Waals surface area contributed by atoms with Gasteiger partial charge in [-0.3, -0.25) is 10.1 Å². The van der Waals surface area contributed by atoms with Gasteiger partial charge in [0, 0.05) is 29.7 Å². The zero-order valence-electron chi connectivity index (χ0n) is 61.7. The summed E-state index contributed by atoms with van der Waals surface area (Å²) in [6.45, 7) is 29.6. The highest BCUT2D eigenvalue weighted by Gasteiger charge is 2.29. The van der Waals surface area contributed by atoms with Gasteiger partial charge >= 0.3 is 24.1 Å². The third kappa shape index (κ3) is 22.3. The molecule has 30 nitrogen and oxygen atoms in total. The zero-order chi connectivity index (χ0) is 78.2. The largest absolute Gasteiger partial charge is 0.333 e. The first-order chi connectivity index (χ1) is 49.8. The van der Waals surface area contributed by atoms with E-state index >= 15 is 0 Å². The third-order valence-corrected chi connectivity index (χ3v) is 21.8. The molecule has 2 aliphatic rings. The van der Waals surface area contributed by atoms with Gasteiger partial charge < -0.3 is 21.3 Å². The predicted octanol–water partition coefficient (Wildman–Crippen LogP) is 12.2. The summed E-state index contributed by atoms with van der Waals surface area (Å²) in [5.74, 6) is 0.630. The molecule has 0 fully saturated rings. The molecule has 4 heterocycles. The van der Waals surface area contributed by atoms with E-state index in [1.165, 1.54) is 37.0 Å². The minimum atomic E-state index is -4.15. The smallest absolute Gasteiger partial charge is 0.307 e. The topological polar surface area (TPSA) is 433 Å². The molecule has 0 aliphatic heterocycles. The highest BCUT2D eigenvalue weighted by molar-refractivity contribution is 7.91. The summed E-state index contributed by atoms with van der Waals surface area (Å²) in [7, 11) is -16.3. The standard InChI is InChI=1S/C19H21N5O4S.2C18H24N4O3S.C17H22N4O3S/c1-11(25)22-18-20-9-14(10-21-18)29(27,28)24-19(26)23-17-15-6-2-4-12(15)8-13-5-3-7-16(13)17;2*1-11(2)15-6-13(5)7-16(12(3)4)17(15)21-18(23)22-26(24,25)14-8-19-10-20-9-14;1-11(2)14-6-5-7-15(12(3)4)16(14)20-17(22)21-25(23,24)13-8-18-10-19-9-13/h8-10H,2-7H2,1H3,(H2,23,24,26)(H,20,21,22,25);2*6-12H,1-5H3,(H2,21,22,23);5-12H,1-4H3,(H2,20,21,22). The normalized spacial score (nSPS) is 12.5. The van der Waals surface area contributed by atoms with E-state index < -0.39 is 64.2 Å². The maximum atomic E-state index is 12.5. The number of anilines is 5. The third-order valence-electron chi connectivity index (χ3n) is 16.7. The second-order valence-electron chi connectivity index (χ2n) is 27.0. The van der Waals surface area contributed by atoms with Gasteiger partial charge in [-0.2, -0.15) is 0 Å². The van der Waals surface area contributed by atoms with Crippen LogP contribution in [0.5, 0.6) is 0 Å². The van der Waals surface area contributed by atoms with E-state index in [-0.39, 0.29) is 66.9 Å². The van der Waals surface area contributed by atoms with Gasteiger partial charge in [-0.1, -0.05) is 143 Å². The molecule has 34 heteroatoms. The molecule has 566 valence electrons. The number of benzene rings is 4. The lowest BCUT2D eigenvalue weighted by Gasteiger charge is -2.21. The van der Waals surface area contributed by atoms with Gasteiger partial charge in [0.2, 0.25) is 11.9 Å². The van der Waals surface area contributed by atoms with Crippen molar-refractivity contribution in [3.63, 3.8) is 0 Å². The number of aromatic nitrogens is 8. The Morgan fingerprint density at radius 3 is 0.887 bits per heavy atom. The Morgan fingerprint density at radius 1 is 0.349 bits per heavy atom. The fraction of sp³-hybridized carbons (Fsp3) is 0.375. The molecule has 0 atom stereocenters. The summed E-state index contributed by atoms with van der Waals surface area (Å²) in [6.07, 6.45) is 18.3. The molecule has 0 saturated carbocycles. The molecule has 4 aromatic carbocycles. The first-order valence-electron chi connectivity index (χ1n) is 34.1. The Morgan fingerprint density at radius 2 is 0.613 bits per heavy atom. The van der Waals surface area contributed by atoms with Crippen LogP contribution in [0.4, 0.5) is 47.9 Å². The molecular formula is C72H91N17O13S4. The maximum Gasteiger partial charge on any atom is 0.333 e. The van der Waals surface area contributed by atoms with Crippen LogP contribution < -0.4 is 45.5 Å². The first kappa shape index (κ1) is 82.8. The van der Waals surface area contributed by atoms with Crippen LogP contribution >= 0.6 is 0 Å². The van der Waals surface area contributed by atoms with Gasteiger partial charge in [-0.25, -0.2) is 112 Å². The van der Waals surface area contributed by atoms with Crippen LogP contribution in [0.2, 0.25) is 0 Å². The average molecular weight is 1530 g/mol. The van der Waals surface area contributed by atoms with Crippen LogP contribution in [0, 0.1) is 13.8 Å². The number of fused-ring (bicyclic) bond motifs is 2. The second-order valence-corrected chi connectivity index (χ2v) is 33.7. The molecule has 0 spiro atoms. The molecule has 106 heavy (non-hydrogen) atoms. The molecule has 9 N–H and O–H groups in total. The summed E-state index contributed by atoms with van der Waals surface area (Å²) in [5, 5.41) is 13.3. The number of carbonyl (C=O) groups is 5. The second kappa shape index (κ2) is 36.0. The van der Waals surface area contributed by atoms with E-state index in [9.17, 15) is 57.6 Å². The minimum absolute atomic E-state index is 0.0173. The number of nitrogens with one attached hydrogen (secondary N) is 9. The van der Waals surface area contributed by atoms with E-state index in [2.05, 4.69) is 72.5 Å². The number of rotatable bonds is 19. The summed E-state index contributed by atoms with van der Waals surface area (Å²) >= 11 is 0. The van der Waals surface area contributed by atoms with Crippen molar-refractivity contribution in [2.45, 2.75) is 197 Å². The molecule has 2 aliphatic carbocycles. The van der Waals surface area contributed by atoms with Crippen LogP contribution in [0.15, 0.2) is 137 Å². The highest BCUT2D eigenvalue weighted by Crippen LogP contribution is 2.40. The predicted molar refractivity (Wildman–Crippen MR) is 404 cm³/mol. The van der Waals surface area contributed by atoms with Gasteiger partial charge in [0.15, 0.2) is 0 Å². The number of amides is 9. The van der Waals surface area contributed by atoms with Crippen LogP contribution in [0.3, 0.4) is 0 Å². The number of hydrogen-bond acceptors (Lipinski definition) is 21. The molecular weight excluding hydrogens is 1440 g/mol. The monoisotopic (exact) mass is 1530 g/mol. The van der Waals surface area contributed by atoms with E-state index in [0.717, 1.165) is 149 Å². The molecule has 4 aromatic heterocycles. The van der Waals surface area contributed by atoms with Crippen molar-refractivity contribution in [2.75, 3.05) is 26.6 Å². The Bertz CT molecular complexity index is 4710. The Kier molecular flexibility index (Phi) is 28.2. The average Bonchev–Trinajstić information content (AvgIpc) is 1.66. The quantitative estimate of drug-likeness (QED) is 0.0363. The minimum Gasteiger partial charge on any atom is -0.307 e. The molecule has 0 radical (unpaired) electrons. The van der Waals surface area contributed by atoms with Gasteiger partial charge in [-0.05, 0) is 144 Å². The Labute approximate surface area is 619 Å². The molecule has 8 aromatic rings. The number of urea groups is 4.